The van der Waals surface area contributed by atoms with Crippen LogP contribution in [-0.4, -0.2) is 4.57 Å². The number of hydrogen-bond donors (Lipinski definition) is 0. The van der Waals surface area contributed by atoms with Crippen LogP contribution >= 0.6 is 34.0 Å². The molecule has 0 atom stereocenters. The van der Waals surface area contributed by atoms with Crippen LogP contribution in [0.4, 0.5) is 17.1 Å². The summed E-state index contributed by atoms with van der Waals surface area (Å²) in [5.41, 5.74) is 11.8. The molecule has 304 valence electrons. The van der Waals surface area contributed by atoms with E-state index in [1.165, 1.54) is 110 Å². The third-order valence-electron chi connectivity index (χ3n) is 13.2. The van der Waals surface area contributed by atoms with Crippen LogP contribution in [0.1, 0.15) is 0 Å². The Labute approximate surface area is 386 Å². The molecule has 2 nitrogen and oxygen atoms in total. The van der Waals surface area contributed by atoms with E-state index in [0.717, 1.165) is 17.1 Å². The SMILES string of the molecule is c1ccc(-c2ccc(N(c3ccc(-c4ccccc4)cc3)c3ccc4sc5ccc(-n6c7ccc8c9ccccc9sc8c7c7c8sc9ccccc9c8ccc76)cc5c4c3)cc2)cc1. The van der Waals surface area contributed by atoms with Crippen LogP contribution in [0.5, 0.6) is 0 Å². The zero-order chi connectivity index (χ0) is 42.6. The minimum atomic E-state index is 1.11. The molecule has 14 rings (SSSR count). The average Bonchev–Trinajstić information content (AvgIpc) is 4.14. The van der Waals surface area contributed by atoms with Gasteiger partial charge in [0.05, 0.1) is 11.0 Å². The normalized spacial score (nSPS) is 12.0. The molecule has 5 heteroatoms. The molecule has 0 spiro atoms. The standard InChI is InChI=1S/C60H36N2S3/c1-3-11-37(12-4-1)39-19-23-41(24-20-39)61(42-25-21-40(22-26-42)38-13-5-2-6-14-38)43-27-33-55-49(35-43)50-36-44(28-34-56(50)63-55)62-51-31-29-47-45-15-7-9-17-53(45)64-59(47)57(51)58-52(62)32-30-48-46-16-8-10-18-54(46)65-60(48)58/h1-36H. The second kappa shape index (κ2) is 14.5. The Morgan fingerprint density at radius 1 is 0.292 bits per heavy atom. The number of hydrogen-bond acceptors (Lipinski definition) is 4. The Hall–Kier alpha value is -7.54. The van der Waals surface area contributed by atoms with E-state index in [4.69, 9.17) is 0 Å². The highest BCUT2D eigenvalue weighted by atomic mass is 32.1. The third-order valence-corrected chi connectivity index (χ3v) is 16.8. The van der Waals surface area contributed by atoms with Crippen LogP contribution < -0.4 is 4.90 Å². The number of anilines is 3. The summed E-state index contributed by atoms with van der Waals surface area (Å²) < 4.78 is 10.5. The van der Waals surface area contributed by atoms with Crippen LogP contribution in [0.3, 0.4) is 0 Å². The van der Waals surface area contributed by atoms with E-state index in [0.29, 0.717) is 0 Å². The van der Waals surface area contributed by atoms with Gasteiger partial charge in [0.15, 0.2) is 0 Å². The molecule has 10 aromatic carbocycles. The summed E-state index contributed by atoms with van der Waals surface area (Å²) in [7, 11) is 0. The monoisotopic (exact) mass is 880 g/mol. The molecule has 0 saturated heterocycles. The summed E-state index contributed by atoms with van der Waals surface area (Å²) in [5.74, 6) is 0. The lowest BCUT2D eigenvalue weighted by Gasteiger charge is -2.26. The number of fused-ring (bicyclic) bond motifs is 14. The van der Waals surface area contributed by atoms with Crippen LogP contribution in [0.25, 0.3) is 110 Å². The molecule has 0 unspecified atom stereocenters. The van der Waals surface area contributed by atoms with Crippen molar-refractivity contribution in [2.45, 2.75) is 0 Å². The zero-order valence-corrected chi connectivity index (χ0v) is 37.4. The number of thiophene rings is 3. The molecule has 65 heavy (non-hydrogen) atoms. The minimum Gasteiger partial charge on any atom is -0.310 e. The van der Waals surface area contributed by atoms with Crippen molar-refractivity contribution in [1.82, 2.24) is 4.57 Å². The summed E-state index contributed by atoms with van der Waals surface area (Å²) >= 11 is 5.72. The molecule has 14 aromatic rings. The third kappa shape index (κ3) is 5.76. The van der Waals surface area contributed by atoms with Gasteiger partial charge in [0.2, 0.25) is 0 Å². The van der Waals surface area contributed by atoms with Gasteiger partial charge >= 0.3 is 0 Å². The van der Waals surface area contributed by atoms with Crippen molar-refractivity contribution < 1.29 is 0 Å². The van der Waals surface area contributed by atoms with Gasteiger partial charge in [0.1, 0.15) is 0 Å². The molecular formula is C60H36N2S3. The highest BCUT2D eigenvalue weighted by molar-refractivity contribution is 7.28. The Morgan fingerprint density at radius 3 is 1.26 bits per heavy atom. The molecular weight excluding hydrogens is 845 g/mol. The molecule has 0 saturated carbocycles. The van der Waals surface area contributed by atoms with Crippen LogP contribution in [0.2, 0.25) is 0 Å². The average molecular weight is 881 g/mol. The molecule has 0 bridgehead atoms. The summed E-state index contributed by atoms with van der Waals surface area (Å²) in [6.45, 7) is 0. The summed E-state index contributed by atoms with van der Waals surface area (Å²) in [6, 6.07) is 80.5. The van der Waals surface area contributed by atoms with E-state index in [-0.39, 0.29) is 0 Å². The number of benzene rings is 10. The Bertz CT molecular complexity index is 3950. The maximum absolute atomic E-state index is 2.53. The minimum absolute atomic E-state index is 1.11. The van der Waals surface area contributed by atoms with Crippen LogP contribution in [0, 0.1) is 0 Å². The quantitative estimate of drug-likeness (QED) is 0.162. The summed E-state index contributed by atoms with van der Waals surface area (Å²) in [6.07, 6.45) is 0. The fourth-order valence-corrected chi connectivity index (χ4v) is 13.7. The van der Waals surface area contributed by atoms with Gasteiger partial charge < -0.3 is 9.47 Å². The molecule has 0 N–H and O–H groups in total. The topological polar surface area (TPSA) is 8.17 Å². The van der Waals surface area contributed by atoms with Crippen LogP contribution in [-0.2, 0) is 0 Å². The van der Waals surface area contributed by atoms with Gasteiger partial charge in [-0.1, -0.05) is 133 Å². The second-order valence-electron chi connectivity index (χ2n) is 16.8. The smallest absolute Gasteiger partial charge is 0.0556 e. The molecule has 4 heterocycles. The predicted molar refractivity (Wildman–Crippen MR) is 285 cm³/mol. The first-order chi connectivity index (χ1) is 32.2. The lowest BCUT2D eigenvalue weighted by atomic mass is 10.0. The van der Waals surface area contributed by atoms with E-state index >= 15 is 0 Å². The van der Waals surface area contributed by atoms with E-state index in [1.54, 1.807) is 0 Å². The highest BCUT2D eigenvalue weighted by Gasteiger charge is 2.22. The Morgan fingerprint density at radius 2 is 0.723 bits per heavy atom. The van der Waals surface area contributed by atoms with Crippen molar-refractivity contribution >= 4 is 133 Å². The molecule has 0 amide bonds. The van der Waals surface area contributed by atoms with Gasteiger partial charge in [-0.3, -0.25) is 0 Å². The molecule has 0 aliphatic rings. The van der Waals surface area contributed by atoms with Crippen molar-refractivity contribution in [3.63, 3.8) is 0 Å². The Balaban J connectivity index is 0.968. The number of nitrogens with zero attached hydrogens (tertiary/aromatic N) is 2. The van der Waals surface area contributed by atoms with Crippen molar-refractivity contribution in [3.05, 3.63) is 218 Å². The molecule has 0 radical (unpaired) electrons. The maximum atomic E-state index is 2.53. The summed E-state index contributed by atoms with van der Waals surface area (Å²) in [4.78, 5) is 2.40. The fraction of sp³-hybridized carbons (Fsp3) is 0. The van der Waals surface area contributed by atoms with Crippen molar-refractivity contribution in [2.24, 2.45) is 0 Å². The largest absolute Gasteiger partial charge is 0.310 e. The van der Waals surface area contributed by atoms with Crippen molar-refractivity contribution in [3.8, 4) is 27.9 Å². The van der Waals surface area contributed by atoms with Gasteiger partial charge in [-0.05, 0) is 107 Å². The zero-order valence-electron chi connectivity index (χ0n) is 34.9. The Kier molecular flexibility index (Phi) is 8.23. The first-order valence-electron chi connectivity index (χ1n) is 22.0. The first-order valence-corrected chi connectivity index (χ1v) is 24.4. The maximum Gasteiger partial charge on any atom is 0.0556 e. The lowest BCUT2D eigenvalue weighted by Crippen LogP contribution is -2.09. The van der Waals surface area contributed by atoms with Crippen molar-refractivity contribution in [2.75, 3.05) is 4.90 Å². The number of rotatable bonds is 6. The van der Waals surface area contributed by atoms with E-state index in [1.807, 2.05) is 34.0 Å². The lowest BCUT2D eigenvalue weighted by molar-refractivity contribution is 1.19. The van der Waals surface area contributed by atoms with Crippen molar-refractivity contribution in [1.29, 1.82) is 0 Å². The molecule has 0 fully saturated rings. The van der Waals surface area contributed by atoms with Crippen LogP contribution in [0.15, 0.2) is 218 Å². The van der Waals surface area contributed by atoms with Gasteiger partial charge in [-0.2, -0.15) is 0 Å². The predicted octanol–water partition coefficient (Wildman–Crippen LogP) is 18.7. The molecule has 4 aromatic heterocycles. The second-order valence-corrected chi connectivity index (χ2v) is 20.0. The van der Waals surface area contributed by atoms with Gasteiger partial charge in [-0.25, -0.2) is 0 Å². The fourth-order valence-electron chi connectivity index (χ4n) is 10.2. The summed E-state index contributed by atoms with van der Waals surface area (Å²) in [5, 5.41) is 10.5. The first kappa shape index (κ1) is 36.9. The molecule has 0 aliphatic carbocycles. The number of aromatic nitrogens is 1. The van der Waals surface area contributed by atoms with E-state index in [9.17, 15) is 0 Å². The van der Waals surface area contributed by atoms with Gasteiger partial charge in [0, 0.05) is 94.0 Å². The molecule has 0 aliphatic heterocycles. The van der Waals surface area contributed by atoms with E-state index in [2.05, 4.69) is 228 Å². The van der Waals surface area contributed by atoms with Gasteiger partial charge in [-0.15, -0.1) is 34.0 Å². The van der Waals surface area contributed by atoms with Gasteiger partial charge in [0.25, 0.3) is 0 Å². The highest BCUT2D eigenvalue weighted by Crippen LogP contribution is 2.49. The van der Waals surface area contributed by atoms with E-state index < -0.39 is 0 Å².